The maximum atomic E-state index is 12.0. The van der Waals surface area contributed by atoms with Gasteiger partial charge in [0.25, 0.3) is 0 Å². The van der Waals surface area contributed by atoms with E-state index in [-0.39, 0.29) is 12.4 Å². The molecule has 90 valence electrons. The quantitative estimate of drug-likeness (QED) is 0.767. The Bertz CT molecular complexity index is 339. The molecule has 0 amide bonds. The van der Waals surface area contributed by atoms with Crippen LogP contribution in [0.25, 0.3) is 0 Å². The summed E-state index contributed by atoms with van der Waals surface area (Å²) in [6.07, 6.45) is 0. The van der Waals surface area contributed by atoms with Gasteiger partial charge in [-0.1, -0.05) is 30.3 Å². The van der Waals surface area contributed by atoms with Gasteiger partial charge in [-0.15, -0.1) is 12.4 Å². The Hall–Kier alpha value is -1.00. The number of hydrogen-bond acceptors (Lipinski definition) is 2. The second kappa shape index (κ2) is 5.92. The van der Waals surface area contributed by atoms with E-state index in [0.717, 1.165) is 0 Å². The van der Waals surface area contributed by atoms with Crippen molar-refractivity contribution in [2.45, 2.75) is 26.1 Å². The summed E-state index contributed by atoms with van der Waals surface area (Å²) in [5, 5.41) is 0. The van der Waals surface area contributed by atoms with E-state index in [0.29, 0.717) is 5.56 Å². The summed E-state index contributed by atoms with van der Waals surface area (Å²) >= 11 is 0. The van der Waals surface area contributed by atoms with E-state index in [2.05, 4.69) is 4.74 Å². The molecule has 0 spiro atoms. The van der Waals surface area contributed by atoms with Crippen molar-refractivity contribution in [2.24, 2.45) is 0 Å². The number of halogens is 3. The van der Waals surface area contributed by atoms with Crippen LogP contribution >= 0.6 is 12.4 Å². The Labute approximate surface area is 99.0 Å². The highest BCUT2D eigenvalue weighted by atomic mass is 35.5. The van der Waals surface area contributed by atoms with Gasteiger partial charge in [0.05, 0.1) is 0 Å². The van der Waals surface area contributed by atoms with E-state index >= 15 is 0 Å². The Morgan fingerprint density at radius 3 is 2.19 bits per heavy atom. The fraction of sp³-hybridized carbons (Fsp3) is 0.364. The molecule has 0 bridgehead atoms. The van der Waals surface area contributed by atoms with Crippen molar-refractivity contribution in [3.8, 4) is 0 Å². The SMILES string of the molecule is CC(C)(OC(F)F)C(=O)c1ccccc1.Cl. The number of ether oxygens (including phenoxy) is 1. The number of hydrogen-bond donors (Lipinski definition) is 0. The zero-order chi connectivity index (χ0) is 11.5. The van der Waals surface area contributed by atoms with Gasteiger partial charge in [-0.05, 0) is 13.8 Å². The molecule has 1 aromatic rings. The average Bonchev–Trinajstić information content (AvgIpc) is 2.16. The molecule has 0 heterocycles. The van der Waals surface area contributed by atoms with Crippen LogP contribution in [0.15, 0.2) is 30.3 Å². The van der Waals surface area contributed by atoms with Gasteiger partial charge in [0, 0.05) is 5.56 Å². The lowest BCUT2D eigenvalue weighted by molar-refractivity contribution is -0.179. The third-order valence-corrected chi connectivity index (χ3v) is 1.97. The van der Waals surface area contributed by atoms with Crippen LogP contribution in [0, 0.1) is 0 Å². The van der Waals surface area contributed by atoms with E-state index in [4.69, 9.17) is 0 Å². The lowest BCUT2D eigenvalue weighted by Gasteiger charge is -2.22. The van der Waals surface area contributed by atoms with E-state index in [1.165, 1.54) is 13.8 Å². The number of rotatable bonds is 4. The van der Waals surface area contributed by atoms with E-state index < -0.39 is 18.0 Å². The molecule has 0 saturated carbocycles. The first-order valence-corrected chi connectivity index (χ1v) is 4.49. The summed E-state index contributed by atoms with van der Waals surface area (Å²) in [6.45, 7) is -0.295. The topological polar surface area (TPSA) is 26.3 Å². The maximum Gasteiger partial charge on any atom is 0.346 e. The molecule has 0 unspecified atom stereocenters. The average molecular weight is 251 g/mol. The first-order chi connectivity index (χ1) is 6.93. The van der Waals surface area contributed by atoms with Crippen LogP contribution in [-0.4, -0.2) is 18.0 Å². The number of benzene rings is 1. The summed E-state index contributed by atoms with van der Waals surface area (Å²) in [4.78, 5) is 11.7. The second-order valence-corrected chi connectivity index (χ2v) is 3.58. The molecule has 0 fully saturated rings. The summed E-state index contributed by atoms with van der Waals surface area (Å²) in [7, 11) is 0. The van der Waals surface area contributed by atoms with E-state index in [9.17, 15) is 13.6 Å². The molecule has 16 heavy (non-hydrogen) atoms. The third kappa shape index (κ3) is 3.87. The molecule has 0 aromatic heterocycles. The molecule has 1 rings (SSSR count). The Morgan fingerprint density at radius 2 is 1.75 bits per heavy atom. The number of ketones is 1. The predicted molar refractivity (Wildman–Crippen MR) is 59.2 cm³/mol. The van der Waals surface area contributed by atoms with Gasteiger partial charge >= 0.3 is 6.61 Å². The Kier molecular flexibility index (Phi) is 5.55. The van der Waals surface area contributed by atoms with Gasteiger partial charge in [-0.3, -0.25) is 4.79 Å². The van der Waals surface area contributed by atoms with Crippen LogP contribution in [-0.2, 0) is 4.74 Å². The van der Waals surface area contributed by atoms with Crippen LogP contribution in [0.5, 0.6) is 0 Å². The van der Waals surface area contributed by atoms with Crippen LogP contribution in [0.2, 0.25) is 0 Å². The minimum atomic E-state index is -2.95. The standard InChI is InChI=1S/C11H12F2O2.ClH/c1-11(2,15-10(12)13)9(14)8-6-4-3-5-7-8;/h3-7,10H,1-2H3;1H. The van der Waals surface area contributed by atoms with Crippen molar-refractivity contribution in [3.05, 3.63) is 35.9 Å². The minimum Gasteiger partial charge on any atom is -0.308 e. The summed E-state index contributed by atoms with van der Waals surface area (Å²) < 4.78 is 28.3. The molecule has 2 nitrogen and oxygen atoms in total. The van der Waals surface area contributed by atoms with Gasteiger partial charge in [-0.2, -0.15) is 8.78 Å². The zero-order valence-corrected chi connectivity index (χ0v) is 9.76. The monoisotopic (exact) mass is 250 g/mol. The van der Waals surface area contributed by atoms with Gasteiger partial charge in [0.2, 0.25) is 0 Å². The highest BCUT2D eigenvalue weighted by molar-refractivity contribution is 6.01. The molecule has 0 saturated heterocycles. The summed E-state index contributed by atoms with van der Waals surface area (Å²) in [5.74, 6) is -0.455. The van der Waals surface area contributed by atoms with E-state index in [1.54, 1.807) is 30.3 Å². The molecule has 0 radical (unpaired) electrons. The first-order valence-electron chi connectivity index (χ1n) is 4.49. The molecular weight excluding hydrogens is 238 g/mol. The van der Waals surface area contributed by atoms with E-state index in [1.807, 2.05) is 0 Å². The third-order valence-electron chi connectivity index (χ3n) is 1.97. The molecule has 0 atom stereocenters. The number of alkyl halides is 2. The Balaban J connectivity index is 0.00000225. The zero-order valence-electron chi connectivity index (χ0n) is 8.94. The summed E-state index contributed by atoms with van der Waals surface area (Å²) in [6, 6.07) is 8.23. The first kappa shape index (κ1) is 15.0. The fourth-order valence-corrected chi connectivity index (χ4v) is 1.21. The predicted octanol–water partition coefficient (Wildman–Crippen LogP) is 3.31. The fourth-order valence-electron chi connectivity index (χ4n) is 1.21. The molecule has 1 aromatic carbocycles. The van der Waals surface area contributed by atoms with Crippen molar-refractivity contribution in [2.75, 3.05) is 0 Å². The highest BCUT2D eigenvalue weighted by Crippen LogP contribution is 2.19. The van der Waals surface area contributed by atoms with Gasteiger partial charge < -0.3 is 4.74 Å². The van der Waals surface area contributed by atoms with Crippen molar-refractivity contribution in [3.63, 3.8) is 0 Å². The number of Topliss-reactive ketones (excluding diaryl/α,β-unsaturated/α-hetero) is 1. The Morgan fingerprint density at radius 1 is 1.25 bits per heavy atom. The minimum absolute atomic E-state index is 0. The maximum absolute atomic E-state index is 12.0. The van der Waals surface area contributed by atoms with Crippen molar-refractivity contribution < 1.29 is 18.3 Å². The molecular formula is C11H13ClF2O2. The smallest absolute Gasteiger partial charge is 0.308 e. The molecule has 0 aliphatic carbocycles. The van der Waals surface area contributed by atoms with Crippen LogP contribution in [0.4, 0.5) is 8.78 Å². The normalized spacial score (nSPS) is 11.1. The van der Waals surface area contributed by atoms with Crippen molar-refractivity contribution in [1.29, 1.82) is 0 Å². The van der Waals surface area contributed by atoms with Crippen molar-refractivity contribution >= 4 is 18.2 Å². The summed E-state index contributed by atoms with van der Waals surface area (Å²) in [5.41, 5.74) is -1.14. The van der Waals surface area contributed by atoms with Gasteiger partial charge in [0.15, 0.2) is 5.78 Å². The lowest BCUT2D eigenvalue weighted by Crippen LogP contribution is -2.36. The molecule has 0 aliphatic rings. The molecule has 0 aliphatic heterocycles. The highest BCUT2D eigenvalue weighted by Gasteiger charge is 2.32. The van der Waals surface area contributed by atoms with Crippen LogP contribution < -0.4 is 0 Å². The van der Waals surface area contributed by atoms with Crippen LogP contribution in [0.1, 0.15) is 24.2 Å². The molecule has 5 heteroatoms. The number of carbonyl (C=O) groups is 1. The number of carbonyl (C=O) groups excluding carboxylic acids is 1. The van der Waals surface area contributed by atoms with Crippen molar-refractivity contribution in [1.82, 2.24) is 0 Å². The van der Waals surface area contributed by atoms with Crippen LogP contribution in [0.3, 0.4) is 0 Å². The largest absolute Gasteiger partial charge is 0.346 e. The lowest BCUT2D eigenvalue weighted by atomic mass is 9.97. The van der Waals surface area contributed by atoms with Gasteiger partial charge in [0.1, 0.15) is 5.60 Å². The second-order valence-electron chi connectivity index (χ2n) is 3.58. The van der Waals surface area contributed by atoms with Gasteiger partial charge in [-0.25, -0.2) is 0 Å². The molecule has 0 N–H and O–H groups in total.